The Hall–Kier alpha value is -2.20. The summed E-state index contributed by atoms with van der Waals surface area (Å²) in [6, 6.07) is 2.02. The molecule has 1 heterocycles. The first-order valence-corrected chi connectivity index (χ1v) is 6.05. The van der Waals surface area contributed by atoms with Crippen LogP contribution in [0.3, 0.4) is 0 Å². The molecule has 0 bridgehead atoms. The Morgan fingerprint density at radius 3 is 2.89 bits per heavy atom. The van der Waals surface area contributed by atoms with Crippen LogP contribution in [0.25, 0.3) is 0 Å². The van der Waals surface area contributed by atoms with Gasteiger partial charge in [-0.15, -0.1) is 0 Å². The normalized spacial score (nSPS) is 10.9. The zero-order valence-corrected chi connectivity index (χ0v) is 11.5. The predicted molar refractivity (Wildman–Crippen MR) is 73.3 cm³/mol. The molecule has 0 spiro atoms. The lowest BCUT2D eigenvalue weighted by molar-refractivity contribution is 0.683. The van der Waals surface area contributed by atoms with Gasteiger partial charge in [0.25, 0.3) is 0 Å². The number of hydrogen-bond acceptors (Lipinski definition) is 5. The first-order valence-electron chi connectivity index (χ1n) is 6.05. The number of hydrogen-bond donors (Lipinski definition) is 3. The summed E-state index contributed by atoms with van der Waals surface area (Å²) in [5.74, 6) is 0.474. The molecule has 0 amide bonds. The van der Waals surface area contributed by atoms with Gasteiger partial charge in [0.15, 0.2) is 6.19 Å². The Morgan fingerprint density at radius 2 is 2.21 bits per heavy atom. The van der Waals surface area contributed by atoms with Crippen molar-refractivity contribution in [1.29, 1.82) is 5.26 Å². The maximum absolute atomic E-state index is 8.47. The van der Waals surface area contributed by atoms with Gasteiger partial charge in [0.2, 0.25) is 5.96 Å². The minimum absolute atomic E-state index is 0.474. The fourth-order valence-corrected chi connectivity index (χ4v) is 1.49. The Bertz CT molecular complexity index is 475. The molecule has 1 rings (SSSR count). The van der Waals surface area contributed by atoms with Crippen molar-refractivity contribution in [3.8, 4) is 6.19 Å². The van der Waals surface area contributed by atoms with Gasteiger partial charge in [-0.05, 0) is 25.5 Å². The van der Waals surface area contributed by atoms with Crippen LogP contribution in [0.15, 0.2) is 11.1 Å². The molecule has 7 nitrogen and oxygen atoms in total. The fraction of sp³-hybridized carbons (Fsp3) is 0.500. The van der Waals surface area contributed by atoms with Crippen LogP contribution in [-0.4, -0.2) is 36.3 Å². The molecule has 3 N–H and O–H groups in total. The molecule has 0 aliphatic carbocycles. The summed E-state index contributed by atoms with van der Waals surface area (Å²) in [6.45, 7) is 5.91. The lowest BCUT2D eigenvalue weighted by Gasteiger charge is -2.07. The van der Waals surface area contributed by atoms with Crippen molar-refractivity contribution < 1.29 is 0 Å². The van der Waals surface area contributed by atoms with Crippen molar-refractivity contribution in [2.75, 3.05) is 20.1 Å². The van der Waals surface area contributed by atoms with E-state index in [1.165, 1.54) is 0 Å². The van der Waals surface area contributed by atoms with Gasteiger partial charge in [-0.25, -0.2) is 0 Å². The maximum Gasteiger partial charge on any atom is 0.204 e. The minimum atomic E-state index is 0.474. The smallest absolute Gasteiger partial charge is 0.204 e. The second-order valence-corrected chi connectivity index (χ2v) is 3.99. The SMILES string of the molecule is CN/C(=N/CCNCc1cc(C)nnc1C)NC#N. The lowest BCUT2D eigenvalue weighted by Crippen LogP contribution is -2.32. The first-order chi connectivity index (χ1) is 9.17. The average Bonchev–Trinajstić information content (AvgIpc) is 2.41. The van der Waals surface area contributed by atoms with Crippen LogP contribution in [0.5, 0.6) is 0 Å². The molecule has 7 heteroatoms. The van der Waals surface area contributed by atoms with Crippen molar-refractivity contribution in [3.63, 3.8) is 0 Å². The first kappa shape index (κ1) is 14.9. The summed E-state index contributed by atoms with van der Waals surface area (Å²) in [7, 11) is 1.71. The van der Waals surface area contributed by atoms with Crippen LogP contribution in [0.1, 0.15) is 17.0 Å². The summed E-state index contributed by atoms with van der Waals surface area (Å²) < 4.78 is 0. The Balaban J connectivity index is 2.35. The van der Waals surface area contributed by atoms with E-state index in [2.05, 4.69) is 31.1 Å². The zero-order chi connectivity index (χ0) is 14.1. The van der Waals surface area contributed by atoms with Gasteiger partial charge in [-0.2, -0.15) is 15.5 Å². The molecule has 0 fully saturated rings. The number of nitriles is 1. The van der Waals surface area contributed by atoms with Gasteiger partial charge in [-0.1, -0.05) is 0 Å². The molecule has 19 heavy (non-hydrogen) atoms. The summed E-state index contributed by atoms with van der Waals surface area (Å²) in [5, 5.41) is 25.1. The number of aliphatic imine (C=N–C) groups is 1. The van der Waals surface area contributed by atoms with Crippen LogP contribution < -0.4 is 16.0 Å². The van der Waals surface area contributed by atoms with E-state index in [9.17, 15) is 0 Å². The number of nitrogens with one attached hydrogen (secondary N) is 3. The van der Waals surface area contributed by atoms with Crippen molar-refractivity contribution >= 4 is 5.96 Å². The van der Waals surface area contributed by atoms with Crippen molar-refractivity contribution in [1.82, 2.24) is 26.1 Å². The van der Waals surface area contributed by atoms with E-state index in [1.54, 1.807) is 7.05 Å². The van der Waals surface area contributed by atoms with Crippen molar-refractivity contribution in [2.24, 2.45) is 4.99 Å². The highest BCUT2D eigenvalue weighted by molar-refractivity contribution is 5.80. The summed E-state index contributed by atoms with van der Waals surface area (Å²) in [5.41, 5.74) is 2.99. The topological polar surface area (TPSA) is 98.0 Å². The highest BCUT2D eigenvalue weighted by Gasteiger charge is 2.00. The third-order valence-corrected chi connectivity index (χ3v) is 2.49. The van der Waals surface area contributed by atoms with Gasteiger partial charge < -0.3 is 10.6 Å². The van der Waals surface area contributed by atoms with Gasteiger partial charge in [0.1, 0.15) is 0 Å². The average molecular weight is 261 g/mol. The van der Waals surface area contributed by atoms with Crippen LogP contribution in [-0.2, 0) is 6.54 Å². The number of aryl methyl sites for hydroxylation is 2. The monoisotopic (exact) mass is 261 g/mol. The van der Waals surface area contributed by atoms with E-state index in [-0.39, 0.29) is 0 Å². The van der Waals surface area contributed by atoms with Crippen LogP contribution in [0.4, 0.5) is 0 Å². The molecule has 0 aliphatic rings. The van der Waals surface area contributed by atoms with Crippen molar-refractivity contribution in [3.05, 3.63) is 23.0 Å². The zero-order valence-electron chi connectivity index (χ0n) is 11.5. The summed E-state index contributed by atoms with van der Waals surface area (Å²) in [4.78, 5) is 4.18. The molecule has 1 aromatic rings. The molecule has 0 saturated heterocycles. The van der Waals surface area contributed by atoms with Gasteiger partial charge in [0.05, 0.1) is 17.9 Å². The number of aromatic nitrogens is 2. The third-order valence-electron chi connectivity index (χ3n) is 2.49. The fourth-order valence-electron chi connectivity index (χ4n) is 1.49. The molecule has 0 radical (unpaired) electrons. The van der Waals surface area contributed by atoms with Gasteiger partial charge in [0, 0.05) is 20.1 Å². The Morgan fingerprint density at radius 1 is 1.42 bits per heavy atom. The molecule has 0 unspecified atom stereocenters. The minimum Gasteiger partial charge on any atom is -0.359 e. The number of rotatable bonds is 5. The quantitative estimate of drug-likeness (QED) is 0.224. The lowest BCUT2D eigenvalue weighted by atomic mass is 10.2. The molecule has 1 aromatic heterocycles. The van der Waals surface area contributed by atoms with E-state index in [1.807, 2.05) is 26.1 Å². The van der Waals surface area contributed by atoms with Crippen LogP contribution in [0, 0.1) is 25.3 Å². The van der Waals surface area contributed by atoms with Gasteiger partial charge in [-0.3, -0.25) is 10.3 Å². The summed E-state index contributed by atoms with van der Waals surface area (Å²) >= 11 is 0. The molecule has 0 saturated carbocycles. The van der Waals surface area contributed by atoms with Crippen LogP contribution in [0.2, 0.25) is 0 Å². The second-order valence-electron chi connectivity index (χ2n) is 3.99. The molecule has 0 atom stereocenters. The highest BCUT2D eigenvalue weighted by atomic mass is 15.2. The van der Waals surface area contributed by atoms with Crippen molar-refractivity contribution in [2.45, 2.75) is 20.4 Å². The molecule has 0 aliphatic heterocycles. The largest absolute Gasteiger partial charge is 0.359 e. The highest BCUT2D eigenvalue weighted by Crippen LogP contribution is 2.04. The number of nitrogens with zero attached hydrogens (tertiary/aromatic N) is 4. The molecule has 102 valence electrons. The van der Waals surface area contributed by atoms with Crippen LogP contribution >= 0.6 is 0 Å². The van der Waals surface area contributed by atoms with E-state index in [0.29, 0.717) is 12.5 Å². The molecular formula is C12H19N7. The van der Waals surface area contributed by atoms with E-state index < -0.39 is 0 Å². The molecular weight excluding hydrogens is 242 g/mol. The number of guanidine groups is 1. The Kier molecular flexibility index (Phi) is 6.26. The van der Waals surface area contributed by atoms with E-state index in [0.717, 1.165) is 30.0 Å². The predicted octanol–water partition coefficient (Wildman–Crippen LogP) is -0.171. The summed E-state index contributed by atoms with van der Waals surface area (Å²) in [6.07, 6.45) is 1.82. The molecule has 0 aromatic carbocycles. The Labute approximate surface area is 113 Å². The standard InChI is InChI=1S/C12H19N7/c1-9-6-11(10(2)19-18-9)7-15-4-5-16-12(14-3)17-8-13/h6,15H,4-5,7H2,1-3H3,(H2,14,16,17). The van der Waals surface area contributed by atoms with E-state index in [4.69, 9.17) is 5.26 Å². The third kappa shape index (κ3) is 5.31. The van der Waals surface area contributed by atoms with E-state index >= 15 is 0 Å². The van der Waals surface area contributed by atoms with Gasteiger partial charge >= 0.3 is 0 Å². The maximum atomic E-state index is 8.47. The second kappa shape index (κ2) is 8.00.